The number of ether oxygens (including phenoxy) is 3. The van der Waals surface area contributed by atoms with Gasteiger partial charge in [0.25, 0.3) is 5.91 Å². The molecule has 1 heterocycles. The lowest BCUT2D eigenvalue weighted by Crippen LogP contribution is -2.45. The molecule has 0 unspecified atom stereocenters. The first kappa shape index (κ1) is 32.2. The highest BCUT2D eigenvalue weighted by atomic mass is 79.9. The molecule has 43 heavy (non-hydrogen) atoms. The van der Waals surface area contributed by atoms with Crippen molar-refractivity contribution in [3.63, 3.8) is 0 Å². The summed E-state index contributed by atoms with van der Waals surface area (Å²) >= 11 is 12.4. The maximum atomic E-state index is 12.7. The average Bonchev–Trinajstić information content (AvgIpc) is 2.95. The number of thiocarbonyl (C=S) groups is 1. The van der Waals surface area contributed by atoms with Gasteiger partial charge in [-0.15, -0.1) is 0 Å². The van der Waals surface area contributed by atoms with Crippen molar-refractivity contribution in [2.45, 2.75) is 33.4 Å². The molecule has 3 aromatic carbocycles. The molecule has 1 atom stereocenters. The van der Waals surface area contributed by atoms with Crippen LogP contribution in [0, 0.1) is 6.92 Å². The number of hydrazone groups is 1. The molecule has 1 aliphatic heterocycles. The fourth-order valence-electron chi connectivity index (χ4n) is 4.36. The van der Waals surface area contributed by atoms with Crippen molar-refractivity contribution in [3.8, 4) is 11.5 Å². The number of nitrogens with one attached hydrogen (secondary N) is 3. The van der Waals surface area contributed by atoms with Crippen molar-refractivity contribution < 1.29 is 23.8 Å². The molecular formula is C31H30Br2N4O5S. The molecule has 12 heteroatoms. The number of halogens is 2. The number of benzene rings is 3. The van der Waals surface area contributed by atoms with E-state index in [1.807, 2.05) is 43.3 Å². The average molecular weight is 730 g/mol. The molecular weight excluding hydrogens is 700 g/mol. The van der Waals surface area contributed by atoms with Gasteiger partial charge in [-0.25, -0.2) is 10.2 Å². The largest absolute Gasteiger partial charge is 0.487 e. The summed E-state index contributed by atoms with van der Waals surface area (Å²) in [6.45, 7) is 5.88. The monoisotopic (exact) mass is 728 g/mol. The summed E-state index contributed by atoms with van der Waals surface area (Å²) in [7, 11) is 0. The van der Waals surface area contributed by atoms with E-state index in [2.05, 4.69) is 59.1 Å². The normalized spacial score (nSPS) is 14.6. The van der Waals surface area contributed by atoms with E-state index < -0.39 is 17.9 Å². The Morgan fingerprint density at radius 1 is 1.05 bits per heavy atom. The van der Waals surface area contributed by atoms with E-state index >= 15 is 0 Å². The summed E-state index contributed by atoms with van der Waals surface area (Å²) in [5.74, 6) is 0.134. The fraction of sp³-hybridized carbons (Fsp3) is 0.226. The lowest BCUT2D eigenvalue weighted by Gasteiger charge is -2.30. The Labute approximate surface area is 272 Å². The lowest BCUT2D eigenvalue weighted by atomic mass is 9.95. The molecule has 3 aromatic rings. The van der Waals surface area contributed by atoms with Crippen molar-refractivity contribution >= 4 is 67.3 Å². The quantitative estimate of drug-likeness (QED) is 0.0957. The van der Waals surface area contributed by atoms with E-state index in [1.165, 1.54) is 11.8 Å². The lowest BCUT2D eigenvalue weighted by molar-refractivity contribution is -0.139. The maximum Gasteiger partial charge on any atom is 0.338 e. The molecule has 0 aromatic heterocycles. The van der Waals surface area contributed by atoms with Crippen molar-refractivity contribution in [1.29, 1.82) is 0 Å². The predicted molar refractivity (Wildman–Crippen MR) is 176 cm³/mol. The van der Waals surface area contributed by atoms with E-state index in [9.17, 15) is 9.59 Å². The molecule has 0 radical (unpaired) electrons. The topological polar surface area (TPSA) is 110 Å². The molecule has 224 valence electrons. The summed E-state index contributed by atoms with van der Waals surface area (Å²) in [4.78, 5) is 25.3. The summed E-state index contributed by atoms with van der Waals surface area (Å²) < 4.78 is 18.6. The van der Waals surface area contributed by atoms with Gasteiger partial charge in [0.15, 0.2) is 11.7 Å². The molecule has 0 bridgehead atoms. The smallest absolute Gasteiger partial charge is 0.338 e. The summed E-state index contributed by atoms with van der Waals surface area (Å²) in [6, 6.07) is 18.3. The van der Waals surface area contributed by atoms with Crippen molar-refractivity contribution in [2.24, 2.45) is 5.10 Å². The first-order chi connectivity index (χ1) is 20.7. The van der Waals surface area contributed by atoms with Crippen LogP contribution in [0.25, 0.3) is 0 Å². The van der Waals surface area contributed by atoms with Crippen molar-refractivity contribution in [3.05, 3.63) is 103 Å². The highest BCUT2D eigenvalue weighted by molar-refractivity contribution is 9.11. The number of hydrogen-bond acceptors (Lipinski definition) is 7. The number of esters is 1. The number of para-hydroxylation sites is 1. The van der Waals surface area contributed by atoms with Crippen LogP contribution in [0.2, 0.25) is 0 Å². The SMILES string of the molecule is CCOC(=O)C1=C(C)NC(=S)N[C@H]1c1ccccc1OCC(=O)NN=Cc1cc(Br)c(OCc2cccc(C)c2)c(Br)c1. The van der Waals surface area contributed by atoms with E-state index in [0.717, 1.165) is 20.1 Å². The Morgan fingerprint density at radius 2 is 1.79 bits per heavy atom. The van der Waals surface area contributed by atoms with Gasteiger partial charge in [0, 0.05) is 11.3 Å². The van der Waals surface area contributed by atoms with Crippen LogP contribution < -0.4 is 25.5 Å². The number of rotatable bonds is 11. The summed E-state index contributed by atoms with van der Waals surface area (Å²) in [5, 5.41) is 10.5. The third kappa shape index (κ3) is 8.65. The first-order valence-corrected chi connectivity index (χ1v) is 15.3. The van der Waals surface area contributed by atoms with Crippen LogP contribution in [0.15, 0.2) is 86.0 Å². The highest BCUT2D eigenvalue weighted by Gasteiger charge is 2.32. The minimum absolute atomic E-state index is 0.228. The van der Waals surface area contributed by atoms with Crippen LogP contribution in [0.3, 0.4) is 0 Å². The minimum Gasteiger partial charge on any atom is -0.487 e. The van der Waals surface area contributed by atoms with E-state index in [-0.39, 0.29) is 13.2 Å². The van der Waals surface area contributed by atoms with Crippen LogP contribution in [0.5, 0.6) is 11.5 Å². The van der Waals surface area contributed by atoms with Crippen molar-refractivity contribution in [1.82, 2.24) is 16.1 Å². The van der Waals surface area contributed by atoms with E-state index in [0.29, 0.717) is 40.1 Å². The van der Waals surface area contributed by atoms with Crippen LogP contribution >= 0.6 is 44.1 Å². The van der Waals surface area contributed by atoms with E-state index in [1.54, 1.807) is 32.0 Å². The van der Waals surface area contributed by atoms with Gasteiger partial charge in [0.05, 0.1) is 33.4 Å². The number of allylic oxidation sites excluding steroid dienone is 1. The second-order valence-corrected chi connectivity index (χ2v) is 11.6. The van der Waals surface area contributed by atoms with Gasteiger partial charge in [-0.3, -0.25) is 4.79 Å². The Hall–Kier alpha value is -3.74. The standard InChI is InChI=1S/C31H30Br2N4O5S/c1-4-40-30(39)27-19(3)35-31(43)36-28(27)22-10-5-6-11-25(22)41-17-26(38)37-34-15-21-13-23(32)29(24(33)14-21)42-16-20-9-7-8-18(2)12-20/h5-15,28H,4,16-17H2,1-3H3,(H,37,38)(H2,35,36,43)/t28-/m0/s1. The van der Waals surface area contributed by atoms with Gasteiger partial charge >= 0.3 is 5.97 Å². The first-order valence-electron chi connectivity index (χ1n) is 13.3. The third-order valence-corrected chi connectivity index (χ3v) is 7.64. The third-order valence-electron chi connectivity index (χ3n) is 6.24. The van der Waals surface area contributed by atoms with E-state index in [4.69, 9.17) is 26.4 Å². The van der Waals surface area contributed by atoms with Gasteiger partial charge in [-0.05, 0) is 94.2 Å². The second kappa shape index (κ2) is 15.1. The zero-order valence-electron chi connectivity index (χ0n) is 23.7. The van der Waals surface area contributed by atoms with Gasteiger partial charge in [-0.2, -0.15) is 5.10 Å². The van der Waals surface area contributed by atoms with Crippen LogP contribution in [-0.4, -0.2) is 36.4 Å². The minimum atomic E-state index is -0.620. The number of aryl methyl sites for hydroxylation is 1. The molecule has 9 nitrogen and oxygen atoms in total. The molecule has 4 rings (SSSR count). The predicted octanol–water partition coefficient (Wildman–Crippen LogP) is 5.98. The molecule has 0 aliphatic carbocycles. The van der Waals surface area contributed by atoms with Crippen LogP contribution in [-0.2, 0) is 20.9 Å². The van der Waals surface area contributed by atoms with Gasteiger partial charge in [-0.1, -0.05) is 48.0 Å². The van der Waals surface area contributed by atoms with Crippen molar-refractivity contribution in [2.75, 3.05) is 13.2 Å². The molecule has 0 saturated carbocycles. The molecule has 0 spiro atoms. The molecule has 1 amide bonds. The number of amides is 1. The maximum absolute atomic E-state index is 12.7. The molecule has 3 N–H and O–H groups in total. The summed E-state index contributed by atoms with van der Waals surface area (Å²) in [5.41, 5.74) is 7.03. The Morgan fingerprint density at radius 3 is 2.51 bits per heavy atom. The highest BCUT2D eigenvalue weighted by Crippen LogP contribution is 2.35. The van der Waals surface area contributed by atoms with Gasteiger partial charge in [0.2, 0.25) is 0 Å². The molecule has 1 aliphatic rings. The Kier molecular flexibility index (Phi) is 11.3. The van der Waals surface area contributed by atoms with Crippen LogP contribution in [0.1, 0.15) is 42.1 Å². The number of carbonyl (C=O) groups excluding carboxylic acids is 2. The molecule has 0 saturated heterocycles. The Bertz CT molecular complexity index is 1570. The molecule has 0 fully saturated rings. The van der Waals surface area contributed by atoms with Crippen LogP contribution in [0.4, 0.5) is 0 Å². The number of nitrogens with zero attached hydrogens (tertiary/aromatic N) is 1. The Balaban J connectivity index is 1.38. The fourth-order valence-corrected chi connectivity index (χ4v) is 6.08. The van der Waals surface area contributed by atoms with Gasteiger partial charge < -0.3 is 24.8 Å². The number of carbonyl (C=O) groups is 2. The van der Waals surface area contributed by atoms with Gasteiger partial charge in [0.1, 0.15) is 18.1 Å². The second-order valence-electron chi connectivity index (χ2n) is 9.50. The zero-order chi connectivity index (χ0) is 30.9. The number of hydrogen-bond donors (Lipinski definition) is 3. The zero-order valence-corrected chi connectivity index (χ0v) is 27.7. The summed E-state index contributed by atoms with van der Waals surface area (Å²) in [6.07, 6.45) is 1.52.